The summed E-state index contributed by atoms with van der Waals surface area (Å²) in [6.07, 6.45) is 2.52. The first-order valence-electron chi connectivity index (χ1n) is 7.52. The Morgan fingerprint density at radius 3 is 2.77 bits per heavy atom. The van der Waals surface area contributed by atoms with Gasteiger partial charge in [-0.3, -0.25) is 0 Å². The van der Waals surface area contributed by atoms with Crippen LogP contribution >= 0.6 is 35.7 Å². The zero-order chi connectivity index (χ0) is 15.1. The lowest BCUT2D eigenvalue weighted by Gasteiger charge is -2.24. The van der Waals surface area contributed by atoms with Crippen LogP contribution in [0.5, 0.6) is 0 Å². The summed E-state index contributed by atoms with van der Waals surface area (Å²) < 4.78 is 13.9. The van der Waals surface area contributed by atoms with Gasteiger partial charge in [0.05, 0.1) is 6.54 Å². The second-order valence-corrected chi connectivity index (χ2v) is 7.22. The van der Waals surface area contributed by atoms with Crippen molar-refractivity contribution in [1.82, 2.24) is 10.6 Å². The smallest absolute Gasteiger partial charge is 0.191 e. The first kappa shape index (κ1) is 19.5. The van der Waals surface area contributed by atoms with Crippen molar-refractivity contribution in [2.45, 2.75) is 38.0 Å². The fourth-order valence-electron chi connectivity index (χ4n) is 2.38. The van der Waals surface area contributed by atoms with Crippen molar-refractivity contribution in [3.8, 4) is 0 Å². The molecule has 0 aromatic heterocycles. The maximum Gasteiger partial charge on any atom is 0.191 e. The Morgan fingerprint density at radius 1 is 1.36 bits per heavy atom. The zero-order valence-corrected chi connectivity index (χ0v) is 16.3. The van der Waals surface area contributed by atoms with Gasteiger partial charge in [-0.05, 0) is 38.5 Å². The minimum atomic E-state index is -0.199. The number of nitrogens with zero attached hydrogens (tertiary/aromatic N) is 1. The van der Waals surface area contributed by atoms with Gasteiger partial charge in [-0.25, -0.2) is 9.38 Å². The molecule has 1 aliphatic rings. The minimum absolute atomic E-state index is 0. The lowest BCUT2D eigenvalue weighted by molar-refractivity contribution is 0.583. The van der Waals surface area contributed by atoms with E-state index in [1.807, 2.05) is 24.8 Å². The van der Waals surface area contributed by atoms with E-state index in [0.29, 0.717) is 12.1 Å². The lowest BCUT2D eigenvalue weighted by atomic mass is 10.1. The van der Waals surface area contributed by atoms with Gasteiger partial charge in [0, 0.05) is 23.4 Å². The molecule has 1 aromatic carbocycles. The van der Waals surface area contributed by atoms with E-state index in [9.17, 15) is 4.39 Å². The van der Waals surface area contributed by atoms with E-state index < -0.39 is 0 Å². The molecule has 3 nitrogen and oxygen atoms in total. The molecular weight excluding hydrogens is 412 g/mol. The Hall–Kier alpha value is -0.500. The van der Waals surface area contributed by atoms with Gasteiger partial charge in [-0.1, -0.05) is 18.2 Å². The molecule has 6 heteroatoms. The van der Waals surface area contributed by atoms with Gasteiger partial charge in [0.15, 0.2) is 5.96 Å². The van der Waals surface area contributed by atoms with Gasteiger partial charge in [-0.15, -0.1) is 24.0 Å². The molecule has 1 heterocycles. The predicted octanol–water partition coefficient (Wildman–Crippen LogP) is 3.78. The second kappa shape index (κ2) is 9.60. The molecule has 0 amide bonds. The number of thioether (sulfide) groups is 1. The van der Waals surface area contributed by atoms with Crippen molar-refractivity contribution in [3.63, 3.8) is 0 Å². The summed E-state index contributed by atoms with van der Waals surface area (Å²) in [4.78, 5) is 4.48. The molecule has 1 fully saturated rings. The van der Waals surface area contributed by atoms with Crippen LogP contribution in [0, 0.1) is 5.82 Å². The highest BCUT2D eigenvalue weighted by atomic mass is 127. The Kier molecular flexibility index (Phi) is 8.53. The van der Waals surface area contributed by atoms with E-state index in [4.69, 9.17) is 0 Å². The number of aliphatic imine (C=N–C) groups is 1. The van der Waals surface area contributed by atoms with Crippen LogP contribution in [0.15, 0.2) is 29.3 Å². The fourth-order valence-corrected chi connectivity index (χ4v) is 3.62. The van der Waals surface area contributed by atoms with Crippen LogP contribution in [-0.4, -0.2) is 29.5 Å². The van der Waals surface area contributed by atoms with Crippen LogP contribution in [0.1, 0.15) is 32.3 Å². The van der Waals surface area contributed by atoms with Crippen molar-refractivity contribution in [2.75, 3.05) is 18.8 Å². The maximum absolute atomic E-state index is 13.6. The lowest BCUT2D eigenvalue weighted by Crippen LogP contribution is -2.43. The van der Waals surface area contributed by atoms with Crippen LogP contribution in [0.4, 0.5) is 4.39 Å². The normalized spacial score (nSPS) is 21.3. The van der Waals surface area contributed by atoms with Crippen LogP contribution in [0.2, 0.25) is 0 Å². The Morgan fingerprint density at radius 2 is 2.14 bits per heavy atom. The number of nitrogens with one attached hydrogen (secondary N) is 2. The molecule has 0 aliphatic carbocycles. The third-order valence-corrected chi connectivity index (χ3v) is 5.18. The first-order chi connectivity index (χ1) is 10.1. The standard InChI is InChI=1S/C16H24FN3S.HI/c1-3-18-15(20-12-16(2)9-6-10-21-16)19-11-13-7-4-5-8-14(13)17;/h4-5,7-8H,3,6,9-12H2,1-2H3,(H2,18,19,20);1H. The highest BCUT2D eigenvalue weighted by molar-refractivity contribution is 14.0. The fraction of sp³-hybridized carbons (Fsp3) is 0.562. The molecule has 2 N–H and O–H groups in total. The van der Waals surface area contributed by atoms with Gasteiger partial charge in [0.2, 0.25) is 0 Å². The highest BCUT2D eigenvalue weighted by Gasteiger charge is 2.29. The average Bonchev–Trinajstić information content (AvgIpc) is 2.91. The van der Waals surface area contributed by atoms with Gasteiger partial charge in [0.1, 0.15) is 5.82 Å². The number of guanidine groups is 1. The Labute approximate surface area is 154 Å². The summed E-state index contributed by atoms with van der Waals surface area (Å²) in [6.45, 7) is 6.37. The average molecular weight is 437 g/mol. The molecule has 0 bridgehead atoms. The third-order valence-electron chi connectivity index (χ3n) is 3.64. The third kappa shape index (κ3) is 5.95. The zero-order valence-electron chi connectivity index (χ0n) is 13.2. The molecule has 0 radical (unpaired) electrons. The Balaban J connectivity index is 0.00000242. The van der Waals surface area contributed by atoms with E-state index in [-0.39, 0.29) is 34.5 Å². The van der Waals surface area contributed by atoms with Gasteiger partial charge >= 0.3 is 0 Å². The van der Waals surface area contributed by atoms with E-state index in [1.165, 1.54) is 24.7 Å². The number of hydrogen-bond acceptors (Lipinski definition) is 2. The molecule has 22 heavy (non-hydrogen) atoms. The summed E-state index contributed by atoms with van der Waals surface area (Å²) >= 11 is 2.02. The summed E-state index contributed by atoms with van der Waals surface area (Å²) in [6, 6.07) is 6.78. The van der Waals surface area contributed by atoms with Gasteiger partial charge in [0.25, 0.3) is 0 Å². The SMILES string of the molecule is CCNC(=NCc1ccccc1F)NCC1(C)CCCS1.I. The molecule has 2 rings (SSSR count). The summed E-state index contributed by atoms with van der Waals surface area (Å²) in [5.74, 6) is 1.80. The van der Waals surface area contributed by atoms with E-state index in [2.05, 4.69) is 22.5 Å². The number of hydrogen-bond donors (Lipinski definition) is 2. The quantitative estimate of drug-likeness (QED) is 0.418. The topological polar surface area (TPSA) is 36.4 Å². The summed E-state index contributed by atoms with van der Waals surface area (Å²) in [5.41, 5.74) is 0.621. The molecule has 0 saturated carbocycles. The van der Waals surface area contributed by atoms with Crippen LogP contribution in [-0.2, 0) is 6.54 Å². The number of benzene rings is 1. The van der Waals surface area contributed by atoms with E-state index in [1.54, 1.807) is 12.1 Å². The molecular formula is C16H25FIN3S. The first-order valence-corrected chi connectivity index (χ1v) is 8.51. The van der Waals surface area contributed by atoms with Crippen molar-refractivity contribution in [1.29, 1.82) is 0 Å². The van der Waals surface area contributed by atoms with E-state index >= 15 is 0 Å². The molecule has 0 spiro atoms. The maximum atomic E-state index is 13.6. The van der Waals surface area contributed by atoms with Crippen molar-refractivity contribution in [2.24, 2.45) is 4.99 Å². The molecule has 1 unspecified atom stereocenters. The number of halogens is 2. The van der Waals surface area contributed by atoms with E-state index in [0.717, 1.165) is 19.0 Å². The monoisotopic (exact) mass is 437 g/mol. The predicted molar refractivity (Wildman–Crippen MR) is 105 cm³/mol. The van der Waals surface area contributed by atoms with Crippen molar-refractivity contribution in [3.05, 3.63) is 35.6 Å². The molecule has 1 aromatic rings. The van der Waals surface area contributed by atoms with Crippen LogP contribution < -0.4 is 10.6 Å². The van der Waals surface area contributed by atoms with Crippen LogP contribution in [0.3, 0.4) is 0 Å². The molecule has 1 saturated heterocycles. The molecule has 1 atom stereocenters. The number of rotatable bonds is 5. The van der Waals surface area contributed by atoms with Gasteiger partial charge in [-0.2, -0.15) is 11.8 Å². The van der Waals surface area contributed by atoms with Gasteiger partial charge < -0.3 is 10.6 Å². The van der Waals surface area contributed by atoms with Crippen LogP contribution in [0.25, 0.3) is 0 Å². The minimum Gasteiger partial charge on any atom is -0.357 e. The molecule has 124 valence electrons. The molecule has 1 aliphatic heterocycles. The van der Waals surface area contributed by atoms with Crippen molar-refractivity contribution >= 4 is 41.7 Å². The Bertz CT molecular complexity index is 490. The summed E-state index contributed by atoms with van der Waals surface area (Å²) in [7, 11) is 0. The van der Waals surface area contributed by atoms with Crippen molar-refractivity contribution < 1.29 is 4.39 Å². The second-order valence-electron chi connectivity index (χ2n) is 5.54. The highest BCUT2D eigenvalue weighted by Crippen LogP contribution is 2.36. The summed E-state index contributed by atoms with van der Waals surface area (Å²) in [5, 5.41) is 6.61. The largest absolute Gasteiger partial charge is 0.357 e.